The highest BCUT2D eigenvalue weighted by Gasteiger charge is 2.22. The van der Waals surface area contributed by atoms with Crippen LogP contribution in [0.3, 0.4) is 0 Å². The summed E-state index contributed by atoms with van der Waals surface area (Å²) in [6.45, 7) is 1.82. The van der Waals surface area contributed by atoms with E-state index in [9.17, 15) is 14.4 Å². The van der Waals surface area contributed by atoms with Crippen LogP contribution in [-0.4, -0.2) is 36.5 Å². The number of aryl methyl sites for hydroxylation is 1. The van der Waals surface area contributed by atoms with Crippen molar-refractivity contribution in [1.29, 1.82) is 0 Å². The maximum atomic E-state index is 12.2. The quantitative estimate of drug-likeness (QED) is 0.739. The lowest BCUT2D eigenvalue weighted by molar-refractivity contribution is -0.139. The molecule has 0 bridgehead atoms. The number of thiazole rings is 1. The fraction of sp³-hybridized carbons (Fsp3) is 0.444. The Kier molecular flexibility index (Phi) is 6.22. The van der Waals surface area contributed by atoms with Gasteiger partial charge in [0.15, 0.2) is 11.7 Å². The Morgan fingerprint density at radius 2 is 2.19 bits per heavy atom. The molecule has 27 heavy (non-hydrogen) atoms. The van der Waals surface area contributed by atoms with Crippen molar-refractivity contribution in [2.45, 2.75) is 32.6 Å². The van der Waals surface area contributed by atoms with Crippen molar-refractivity contribution in [1.82, 2.24) is 4.98 Å². The van der Waals surface area contributed by atoms with E-state index in [2.05, 4.69) is 22.0 Å². The van der Waals surface area contributed by atoms with Crippen LogP contribution in [0, 0.1) is 5.92 Å². The van der Waals surface area contributed by atoms with E-state index in [1.807, 2.05) is 6.07 Å². The van der Waals surface area contributed by atoms with Gasteiger partial charge in [-0.25, -0.2) is 9.78 Å². The molecular weight excluding hydrogens is 388 g/mol. The number of nitrogens with one attached hydrogen (secondary N) is 1. The SMILES string of the molecule is COC(=O)Cc1csc(NC(=O)COC(=O)c2cc3c(s2)CC[C@@H](C)C3)n1. The molecule has 0 spiro atoms. The number of nitrogens with zero attached hydrogens (tertiary/aromatic N) is 1. The number of esters is 2. The molecule has 0 saturated heterocycles. The molecular formula is C18H20N2O5S2. The second kappa shape index (κ2) is 8.62. The Bertz CT molecular complexity index is 858. The van der Waals surface area contributed by atoms with Crippen LogP contribution in [0.15, 0.2) is 11.4 Å². The van der Waals surface area contributed by atoms with Crippen LogP contribution in [0.5, 0.6) is 0 Å². The number of amides is 1. The largest absolute Gasteiger partial charge is 0.469 e. The molecule has 2 aromatic rings. The zero-order valence-corrected chi connectivity index (χ0v) is 16.7. The number of thiophene rings is 1. The van der Waals surface area contributed by atoms with E-state index in [1.165, 1.54) is 40.2 Å². The van der Waals surface area contributed by atoms with Gasteiger partial charge in [-0.3, -0.25) is 14.9 Å². The number of rotatable bonds is 6. The highest BCUT2D eigenvalue weighted by molar-refractivity contribution is 7.14. The fourth-order valence-corrected chi connectivity index (χ4v) is 4.66. The lowest BCUT2D eigenvalue weighted by Gasteiger charge is -2.16. The maximum absolute atomic E-state index is 12.2. The number of carbonyl (C=O) groups is 3. The molecule has 0 unspecified atom stereocenters. The summed E-state index contributed by atoms with van der Waals surface area (Å²) >= 11 is 2.64. The van der Waals surface area contributed by atoms with Gasteiger partial charge in [0.1, 0.15) is 4.88 Å². The number of hydrogen-bond acceptors (Lipinski definition) is 8. The second-order valence-corrected chi connectivity index (χ2v) is 8.42. The van der Waals surface area contributed by atoms with Crippen molar-refractivity contribution in [3.63, 3.8) is 0 Å². The number of ether oxygens (including phenoxy) is 2. The molecule has 0 aromatic carbocycles. The first kappa shape index (κ1) is 19.5. The van der Waals surface area contributed by atoms with Gasteiger partial charge >= 0.3 is 11.9 Å². The van der Waals surface area contributed by atoms with Crippen LogP contribution in [0.25, 0.3) is 0 Å². The van der Waals surface area contributed by atoms with Crippen LogP contribution in [0.4, 0.5) is 5.13 Å². The van der Waals surface area contributed by atoms with E-state index in [1.54, 1.807) is 5.38 Å². The minimum Gasteiger partial charge on any atom is -0.469 e. The molecule has 3 rings (SSSR count). The topological polar surface area (TPSA) is 94.6 Å². The summed E-state index contributed by atoms with van der Waals surface area (Å²) in [7, 11) is 1.30. The van der Waals surface area contributed by atoms with Gasteiger partial charge in [-0.05, 0) is 36.8 Å². The van der Waals surface area contributed by atoms with E-state index >= 15 is 0 Å². The molecule has 1 atom stereocenters. The summed E-state index contributed by atoms with van der Waals surface area (Å²) in [5, 5.41) is 4.56. The first-order valence-corrected chi connectivity index (χ1v) is 10.2. The summed E-state index contributed by atoms with van der Waals surface area (Å²) in [6, 6.07) is 1.88. The maximum Gasteiger partial charge on any atom is 0.348 e. The zero-order chi connectivity index (χ0) is 19.4. The number of carbonyl (C=O) groups excluding carboxylic acids is 3. The summed E-state index contributed by atoms with van der Waals surface area (Å²) in [5.74, 6) is -0.732. The van der Waals surface area contributed by atoms with Crippen LogP contribution in [-0.2, 0) is 38.3 Å². The van der Waals surface area contributed by atoms with Crippen LogP contribution in [0.2, 0.25) is 0 Å². The van der Waals surface area contributed by atoms with Crippen molar-refractivity contribution in [3.8, 4) is 0 Å². The van der Waals surface area contributed by atoms with Crippen molar-refractivity contribution < 1.29 is 23.9 Å². The smallest absolute Gasteiger partial charge is 0.348 e. The van der Waals surface area contributed by atoms with E-state index in [0.717, 1.165) is 19.3 Å². The summed E-state index contributed by atoms with van der Waals surface area (Å²) in [6.07, 6.45) is 3.15. The number of methoxy groups -OCH3 is 1. The van der Waals surface area contributed by atoms with Gasteiger partial charge in [-0.15, -0.1) is 22.7 Å². The van der Waals surface area contributed by atoms with Crippen molar-refractivity contribution >= 4 is 45.7 Å². The minimum absolute atomic E-state index is 0.0412. The zero-order valence-electron chi connectivity index (χ0n) is 15.1. The van der Waals surface area contributed by atoms with Crippen molar-refractivity contribution in [3.05, 3.63) is 32.5 Å². The normalized spacial score (nSPS) is 15.7. The lowest BCUT2D eigenvalue weighted by Crippen LogP contribution is -2.20. The third kappa shape index (κ3) is 5.14. The minimum atomic E-state index is -0.484. The predicted molar refractivity (Wildman–Crippen MR) is 102 cm³/mol. The molecule has 1 amide bonds. The van der Waals surface area contributed by atoms with E-state index in [-0.39, 0.29) is 13.0 Å². The van der Waals surface area contributed by atoms with Gasteiger partial charge in [-0.1, -0.05) is 6.92 Å². The van der Waals surface area contributed by atoms with Gasteiger partial charge in [0, 0.05) is 10.3 Å². The van der Waals surface area contributed by atoms with Gasteiger partial charge in [0.25, 0.3) is 5.91 Å². The second-order valence-electron chi connectivity index (χ2n) is 6.43. The third-order valence-corrected chi connectivity index (χ3v) is 6.24. The molecule has 2 heterocycles. The summed E-state index contributed by atoms with van der Waals surface area (Å²) in [5.41, 5.74) is 1.73. The molecule has 1 aliphatic carbocycles. The Hall–Kier alpha value is -2.26. The van der Waals surface area contributed by atoms with Gasteiger partial charge in [0.2, 0.25) is 0 Å². The molecule has 1 N–H and O–H groups in total. The average Bonchev–Trinajstić information content (AvgIpc) is 3.25. The molecule has 0 saturated carbocycles. The Labute approximate surface area is 164 Å². The number of fused-ring (bicyclic) bond motifs is 1. The first-order chi connectivity index (χ1) is 12.9. The van der Waals surface area contributed by atoms with Gasteiger partial charge < -0.3 is 9.47 Å². The van der Waals surface area contributed by atoms with Crippen LogP contribution >= 0.6 is 22.7 Å². The third-order valence-electron chi connectivity index (χ3n) is 4.22. The molecule has 0 fully saturated rings. The number of aromatic nitrogens is 1. The molecule has 1 aliphatic rings. The predicted octanol–water partition coefficient (Wildman–Crippen LogP) is 2.84. The molecule has 7 nitrogen and oxygen atoms in total. The van der Waals surface area contributed by atoms with Gasteiger partial charge in [0.05, 0.1) is 19.2 Å². The van der Waals surface area contributed by atoms with E-state index in [0.29, 0.717) is 21.6 Å². The molecule has 144 valence electrons. The van der Waals surface area contributed by atoms with Gasteiger partial charge in [-0.2, -0.15) is 0 Å². The standard InChI is InChI=1S/C18H20N2O5S2/c1-10-3-4-13-11(5-10)6-14(27-13)17(23)25-8-15(21)20-18-19-12(9-26-18)7-16(22)24-2/h6,9-10H,3-5,7-8H2,1-2H3,(H,19,20,21)/t10-/m1/s1. The van der Waals surface area contributed by atoms with Crippen LogP contribution < -0.4 is 5.32 Å². The van der Waals surface area contributed by atoms with Crippen molar-refractivity contribution in [2.24, 2.45) is 5.92 Å². The monoisotopic (exact) mass is 408 g/mol. The van der Waals surface area contributed by atoms with Crippen LogP contribution in [0.1, 0.15) is 39.2 Å². The van der Waals surface area contributed by atoms with E-state index in [4.69, 9.17) is 4.74 Å². The summed E-state index contributed by atoms with van der Waals surface area (Å²) in [4.78, 5) is 41.3. The van der Waals surface area contributed by atoms with Crippen molar-refractivity contribution in [2.75, 3.05) is 19.0 Å². The average molecular weight is 409 g/mol. The Morgan fingerprint density at radius 1 is 1.37 bits per heavy atom. The molecule has 9 heteroatoms. The lowest BCUT2D eigenvalue weighted by atomic mass is 9.90. The fourth-order valence-electron chi connectivity index (χ4n) is 2.83. The number of hydrogen-bond donors (Lipinski definition) is 1. The highest BCUT2D eigenvalue weighted by Crippen LogP contribution is 2.32. The molecule has 0 aliphatic heterocycles. The Morgan fingerprint density at radius 3 is 2.96 bits per heavy atom. The van der Waals surface area contributed by atoms with E-state index < -0.39 is 17.8 Å². The first-order valence-electron chi connectivity index (χ1n) is 8.54. The Balaban J connectivity index is 1.49. The molecule has 0 radical (unpaired) electrons. The number of anilines is 1. The molecule has 2 aromatic heterocycles. The summed E-state index contributed by atoms with van der Waals surface area (Å²) < 4.78 is 9.69. The highest BCUT2D eigenvalue weighted by atomic mass is 32.1.